The van der Waals surface area contributed by atoms with E-state index in [1.54, 1.807) is 0 Å². The second-order valence-electron chi connectivity index (χ2n) is 17.4. The summed E-state index contributed by atoms with van der Waals surface area (Å²) in [5.41, 5.74) is 0. The number of carbonyl (C=O) groups is 3. The van der Waals surface area contributed by atoms with E-state index in [2.05, 4.69) is 81.5 Å². The standard InChI is InChI=1S/C56H98O6/c1-4-7-10-13-16-19-22-24-26-28-30-31-34-37-40-43-46-49-55(58)61-52-53(51-60-54(57)48-45-42-39-36-33-21-18-15-12-9-6-3)62-56(59)50-47-44-41-38-35-32-29-27-25-23-20-17-14-11-8-5-2/h8,11,15,17-18,20,25,27,32,35,53H,4-7,9-10,12-14,16,19,21-24,26,28-31,33-34,36-52H2,1-3H3/b11-8-,18-15-,20-17-,27-25-,35-32-. The van der Waals surface area contributed by atoms with E-state index >= 15 is 0 Å². The smallest absolute Gasteiger partial charge is 0.306 e. The Bertz CT molecular complexity index is 1130. The van der Waals surface area contributed by atoms with Crippen molar-refractivity contribution in [1.82, 2.24) is 0 Å². The molecule has 0 radical (unpaired) electrons. The Morgan fingerprint density at radius 1 is 0.339 bits per heavy atom. The van der Waals surface area contributed by atoms with Crippen LogP contribution >= 0.6 is 0 Å². The topological polar surface area (TPSA) is 78.9 Å². The van der Waals surface area contributed by atoms with Crippen molar-refractivity contribution in [3.8, 4) is 0 Å². The molecule has 0 aliphatic heterocycles. The average Bonchev–Trinajstić information content (AvgIpc) is 3.27. The molecule has 0 aromatic rings. The number of rotatable bonds is 47. The van der Waals surface area contributed by atoms with E-state index in [1.807, 2.05) is 0 Å². The van der Waals surface area contributed by atoms with Crippen molar-refractivity contribution in [3.63, 3.8) is 0 Å². The molecule has 1 unspecified atom stereocenters. The number of ether oxygens (including phenoxy) is 3. The molecule has 0 spiro atoms. The summed E-state index contributed by atoms with van der Waals surface area (Å²) >= 11 is 0. The van der Waals surface area contributed by atoms with E-state index in [1.165, 1.54) is 122 Å². The van der Waals surface area contributed by atoms with Crippen molar-refractivity contribution in [2.24, 2.45) is 0 Å². The van der Waals surface area contributed by atoms with Gasteiger partial charge in [-0.3, -0.25) is 14.4 Å². The summed E-state index contributed by atoms with van der Waals surface area (Å²) in [7, 11) is 0. The molecule has 0 bridgehead atoms. The summed E-state index contributed by atoms with van der Waals surface area (Å²) in [6, 6.07) is 0. The van der Waals surface area contributed by atoms with Crippen LogP contribution in [0.2, 0.25) is 0 Å². The van der Waals surface area contributed by atoms with Crippen LogP contribution < -0.4 is 0 Å². The fourth-order valence-electron chi connectivity index (χ4n) is 7.30. The maximum absolute atomic E-state index is 12.8. The first-order chi connectivity index (χ1) is 30.5. The van der Waals surface area contributed by atoms with Crippen molar-refractivity contribution in [3.05, 3.63) is 60.8 Å². The molecular formula is C56H98O6. The van der Waals surface area contributed by atoms with Crippen molar-refractivity contribution in [2.45, 2.75) is 264 Å². The van der Waals surface area contributed by atoms with E-state index < -0.39 is 6.10 Å². The highest BCUT2D eigenvalue weighted by Gasteiger charge is 2.19. The molecule has 6 nitrogen and oxygen atoms in total. The van der Waals surface area contributed by atoms with Gasteiger partial charge in [0.25, 0.3) is 0 Å². The molecule has 0 fully saturated rings. The van der Waals surface area contributed by atoms with E-state index in [-0.39, 0.29) is 31.1 Å². The predicted octanol–water partition coefficient (Wildman–Crippen LogP) is 17.3. The lowest BCUT2D eigenvalue weighted by atomic mass is 10.0. The number of hydrogen-bond acceptors (Lipinski definition) is 6. The lowest BCUT2D eigenvalue weighted by Crippen LogP contribution is -2.30. The van der Waals surface area contributed by atoms with E-state index in [0.29, 0.717) is 19.3 Å². The number of esters is 3. The van der Waals surface area contributed by atoms with Gasteiger partial charge in [-0.05, 0) is 77.0 Å². The molecule has 0 aromatic carbocycles. The third kappa shape index (κ3) is 48.1. The quantitative estimate of drug-likeness (QED) is 0.0262. The lowest BCUT2D eigenvalue weighted by Gasteiger charge is -2.18. The Labute approximate surface area is 383 Å². The van der Waals surface area contributed by atoms with Crippen LogP contribution in [0.1, 0.15) is 258 Å². The summed E-state index contributed by atoms with van der Waals surface area (Å²) in [5, 5.41) is 0. The fraction of sp³-hybridized carbons (Fsp3) is 0.768. The second kappa shape index (κ2) is 50.8. The van der Waals surface area contributed by atoms with Gasteiger partial charge in [-0.25, -0.2) is 0 Å². The third-order valence-electron chi connectivity index (χ3n) is 11.3. The second-order valence-corrected chi connectivity index (χ2v) is 17.4. The molecule has 0 saturated carbocycles. The first-order valence-corrected chi connectivity index (χ1v) is 26.3. The number of hydrogen-bond donors (Lipinski definition) is 0. The van der Waals surface area contributed by atoms with Crippen LogP contribution in [-0.4, -0.2) is 37.2 Å². The van der Waals surface area contributed by atoms with Gasteiger partial charge < -0.3 is 14.2 Å². The Kier molecular flexibility index (Phi) is 48.4. The van der Waals surface area contributed by atoms with Gasteiger partial charge in [0.2, 0.25) is 0 Å². The molecular weight excluding hydrogens is 769 g/mol. The van der Waals surface area contributed by atoms with Gasteiger partial charge in [-0.1, -0.05) is 223 Å². The van der Waals surface area contributed by atoms with Crippen molar-refractivity contribution >= 4 is 17.9 Å². The van der Waals surface area contributed by atoms with Crippen LogP contribution in [0.3, 0.4) is 0 Å². The van der Waals surface area contributed by atoms with Crippen LogP contribution in [0.4, 0.5) is 0 Å². The zero-order valence-electron chi connectivity index (χ0n) is 40.9. The highest BCUT2D eigenvalue weighted by atomic mass is 16.6. The summed E-state index contributed by atoms with van der Waals surface area (Å²) in [6.45, 7) is 6.47. The lowest BCUT2D eigenvalue weighted by molar-refractivity contribution is -0.167. The third-order valence-corrected chi connectivity index (χ3v) is 11.3. The molecule has 358 valence electrons. The summed E-state index contributed by atoms with van der Waals surface area (Å²) in [4.78, 5) is 38.0. The fourth-order valence-corrected chi connectivity index (χ4v) is 7.30. The van der Waals surface area contributed by atoms with Gasteiger partial charge >= 0.3 is 17.9 Å². The minimum absolute atomic E-state index is 0.0878. The Hall–Kier alpha value is -2.89. The first kappa shape index (κ1) is 59.1. The maximum Gasteiger partial charge on any atom is 0.306 e. The Morgan fingerprint density at radius 3 is 1.06 bits per heavy atom. The minimum Gasteiger partial charge on any atom is -0.462 e. The summed E-state index contributed by atoms with van der Waals surface area (Å²) in [5.74, 6) is -0.923. The molecule has 0 aromatic heterocycles. The van der Waals surface area contributed by atoms with Crippen molar-refractivity contribution < 1.29 is 28.6 Å². The zero-order valence-corrected chi connectivity index (χ0v) is 40.9. The van der Waals surface area contributed by atoms with E-state index in [9.17, 15) is 14.4 Å². The van der Waals surface area contributed by atoms with Crippen molar-refractivity contribution in [1.29, 1.82) is 0 Å². The van der Waals surface area contributed by atoms with Gasteiger partial charge in [0.1, 0.15) is 13.2 Å². The predicted molar refractivity (Wildman–Crippen MR) is 265 cm³/mol. The van der Waals surface area contributed by atoms with E-state index in [4.69, 9.17) is 14.2 Å². The molecule has 0 heterocycles. The maximum atomic E-state index is 12.8. The number of carbonyl (C=O) groups excluding carboxylic acids is 3. The van der Waals surface area contributed by atoms with Gasteiger partial charge in [-0.15, -0.1) is 0 Å². The molecule has 0 aliphatic carbocycles. The highest BCUT2D eigenvalue weighted by molar-refractivity contribution is 5.71. The number of allylic oxidation sites excluding steroid dienone is 10. The Morgan fingerprint density at radius 2 is 0.645 bits per heavy atom. The minimum atomic E-state index is -0.791. The molecule has 0 N–H and O–H groups in total. The molecule has 62 heavy (non-hydrogen) atoms. The van der Waals surface area contributed by atoms with Crippen LogP contribution in [0.15, 0.2) is 60.8 Å². The van der Waals surface area contributed by atoms with Crippen LogP contribution in [0.25, 0.3) is 0 Å². The highest BCUT2D eigenvalue weighted by Crippen LogP contribution is 2.15. The molecule has 0 aliphatic rings. The molecule has 0 amide bonds. The van der Waals surface area contributed by atoms with Crippen molar-refractivity contribution in [2.75, 3.05) is 13.2 Å². The van der Waals surface area contributed by atoms with Gasteiger partial charge in [0.05, 0.1) is 0 Å². The Balaban J connectivity index is 4.39. The largest absolute Gasteiger partial charge is 0.462 e. The normalized spacial score (nSPS) is 12.5. The summed E-state index contributed by atoms with van der Waals surface area (Å²) in [6.07, 6.45) is 62.1. The average molecular weight is 867 g/mol. The first-order valence-electron chi connectivity index (χ1n) is 26.3. The van der Waals surface area contributed by atoms with Gasteiger partial charge in [-0.2, -0.15) is 0 Å². The van der Waals surface area contributed by atoms with Gasteiger partial charge in [0, 0.05) is 19.3 Å². The zero-order chi connectivity index (χ0) is 45.1. The monoisotopic (exact) mass is 867 g/mol. The molecule has 1 atom stereocenters. The molecule has 0 saturated heterocycles. The van der Waals surface area contributed by atoms with Gasteiger partial charge in [0.15, 0.2) is 6.10 Å². The van der Waals surface area contributed by atoms with E-state index in [0.717, 1.165) is 96.3 Å². The SMILES string of the molecule is CC/C=C\C/C=C\C/C=C\C/C=C\CCCCCC(=O)OC(COC(=O)CCCCCCC/C=C\CCCC)COC(=O)CCCCCCCCCCCCCCCCCCC. The van der Waals surface area contributed by atoms with Crippen LogP contribution in [0.5, 0.6) is 0 Å². The van der Waals surface area contributed by atoms with Crippen LogP contribution in [0, 0.1) is 0 Å². The molecule has 6 heteroatoms. The molecule has 0 rings (SSSR count). The summed E-state index contributed by atoms with van der Waals surface area (Å²) < 4.78 is 16.8. The number of unbranched alkanes of at least 4 members (excludes halogenated alkanes) is 26. The van der Waals surface area contributed by atoms with Crippen LogP contribution in [-0.2, 0) is 28.6 Å².